The summed E-state index contributed by atoms with van der Waals surface area (Å²) in [5.41, 5.74) is 2.14. The van der Waals surface area contributed by atoms with E-state index in [0.29, 0.717) is 35.7 Å². The molecule has 2 amide bonds. The average molecular weight is 382 g/mol. The third-order valence-corrected chi connectivity index (χ3v) is 4.89. The maximum absolute atomic E-state index is 13.2. The van der Waals surface area contributed by atoms with Crippen LogP contribution in [0.4, 0.5) is 5.69 Å². The van der Waals surface area contributed by atoms with Gasteiger partial charge in [0.15, 0.2) is 0 Å². The van der Waals surface area contributed by atoms with E-state index in [2.05, 4.69) is 5.32 Å². The molecule has 6 heteroatoms. The third kappa shape index (κ3) is 3.96. The van der Waals surface area contributed by atoms with Crippen LogP contribution in [0.5, 0.6) is 11.5 Å². The van der Waals surface area contributed by atoms with Crippen LogP contribution in [0.2, 0.25) is 0 Å². The molecule has 1 N–H and O–H groups in total. The zero-order valence-electron chi connectivity index (χ0n) is 16.7. The largest absolute Gasteiger partial charge is 0.497 e. The average Bonchev–Trinajstić information content (AvgIpc) is 3.02. The topological polar surface area (TPSA) is 67.9 Å². The Morgan fingerprint density at radius 3 is 2.54 bits per heavy atom. The molecule has 2 aromatic carbocycles. The summed E-state index contributed by atoms with van der Waals surface area (Å²) in [4.78, 5) is 27.8. The maximum atomic E-state index is 13.2. The molecule has 0 unspecified atom stereocenters. The van der Waals surface area contributed by atoms with Gasteiger partial charge in [-0.3, -0.25) is 9.59 Å². The summed E-state index contributed by atoms with van der Waals surface area (Å²) in [7, 11) is 3.11. The van der Waals surface area contributed by atoms with E-state index in [1.807, 2.05) is 38.1 Å². The number of amides is 2. The maximum Gasteiger partial charge on any atom is 0.255 e. The number of hydrogen-bond donors (Lipinski definition) is 1. The number of carbonyl (C=O) groups excluding carboxylic acids is 2. The molecule has 0 bridgehead atoms. The number of anilines is 1. The monoisotopic (exact) mass is 382 g/mol. The number of ether oxygens (including phenoxy) is 2. The molecule has 0 fully saturated rings. The van der Waals surface area contributed by atoms with E-state index >= 15 is 0 Å². The normalized spacial score (nSPS) is 14.0. The third-order valence-electron chi connectivity index (χ3n) is 4.89. The molecule has 1 aliphatic heterocycles. The Labute approximate surface area is 165 Å². The number of rotatable bonds is 7. The minimum Gasteiger partial charge on any atom is -0.497 e. The number of benzene rings is 2. The van der Waals surface area contributed by atoms with E-state index < -0.39 is 6.04 Å². The lowest BCUT2D eigenvalue weighted by atomic mass is 10.0. The summed E-state index contributed by atoms with van der Waals surface area (Å²) in [6, 6.07) is 12.1. The van der Waals surface area contributed by atoms with E-state index in [0.717, 1.165) is 5.56 Å². The summed E-state index contributed by atoms with van der Waals surface area (Å²) in [6.45, 7) is 4.52. The number of nitrogens with one attached hydrogen (secondary N) is 1. The van der Waals surface area contributed by atoms with Crippen LogP contribution in [0.25, 0.3) is 0 Å². The summed E-state index contributed by atoms with van der Waals surface area (Å²) in [5.74, 6) is 1.06. The molecule has 0 radical (unpaired) electrons. The number of methoxy groups -OCH3 is 2. The second kappa shape index (κ2) is 8.33. The molecule has 0 aromatic heterocycles. The van der Waals surface area contributed by atoms with Crippen molar-refractivity contribution in [1.29, 1.82) is 0 Å². The number of fused-ring (bicyclic) bond motifs is 1. The van der Waals surface area contributed by atoms with Gasteiger partial charge in [-0.2, -0.15) is 0 Å². The Bertz CT molecular complexity index is 879. The van der Waals surface area contributed by atoms with Crippen LogP contribution in [0.1, 0.15) is 36.2 Å². The molecule has 1 aliphatic rings. The lowest BCUT2D eigenvalue weighted by Crippen LogP contribution is -2.45. The number of hydrogen-bond acceptors (Lipinski definition) is 4. The van der Waals surface area contributed by atoms with Gasteiger partial charge in [0.25, 0.3) is 5.91 Å². The number of carbonyl (C=O) groups is 2. The highest BCUT2D eigenvalue weighted by Crippen LogP contribution is 2.31. The molecule has 3 rings (SSSR count). The Balaban J connectivity index is 1.87. The molecule has 1 atom stereocenters. The smallest absolute Gasteiger partial charge is 0.255 e. The van der Waals surface area contributed by atoms with Crippen LogP contribution < -0.4 is 14.8 Å². The molecule has 0 aliphatic carbocycles. The molecule has 0 spiro atoms. The quantitative estimate of drug-likeness (QED) is 0.793. The molecule has 1 heterocycles. The van der Waals surface area contributed by atoms with E-state index in [9.17, 15) is 9.59 Å². The van der Waals surface area contributed by atoms with E-state index in [1.165, 1.54) is 0 Å². The first-order chi connectivity index (χ1) is 13.4. The zero-order valence-corrected chi connectivity index (χ0v) is 16.7. The SMILES string of the molecule is COc1ccc(OC)c(NC(=O)[C@@H](CC(C)C)N2Cc3ccccc3C2=O)c1. The molecule has 28 heavy (non-hydrogen) atoms. The number of nitrogens with zero attached hydrogens (tertiary/aromatic N) is 1. The summed E-state index contributed by atoms with van der Waals surface area (Å²) >= 11 is 0. The van der Waals surface area contributed by atoms with Crippen molar-refractivity contribution in [3.63, 3.8) is 0 Å². The van der Waals surface area contributed by atoms with Crippen LogP contribution >= 0.6 is 0 Å². The Kier molecular flexibility index (Phi) is 5.87. The molecule has 0 saturated heterocycles. The van der Waals surface area contributed by atoms with Crippen LogP contribution in [0, 0.1) is 5.92 Å². The lowest BCUT2D eigenvalue weighted by molar-refractivity contribution is -0.121. The molecule has 148 valence electrons. The Hall–Kier alpha value is -3.02. The van der Waals surface area contributed by atoms with Gasteiger partial charge in [-0.15, -0.1) is 0 Å². The van der Waals surface area contributed by atoms with Crippen molar-refractivity contribution in [2.24, 2.45) is 5.92 Å². The summed E-state index contributed by atoms with van der Waals surface area (Å²) < 4.78 is 10.6. The van der Waals surface area contributed by atoms with Gasteiger partial charge in [-0.05, 0) is 36.1 Å². The molecular weight excluding hydrogens is 356 g/mol. The highest BCUT2D eigenvalue weighted by atomic mass is 16.5. The second-order valence-electron chi connectivity index (χ2n) is 7.29. The predicted molar refractivity (Wildman–Crippen MR) is 108 cm³/mol. The fraction of sp³-hybridized carbons (Fsp3) is 0.364. The zero-order chi connectivity index (χ0) is 20.3. The highest BCUT2D eigenvalue weighted by molar-refractivity contribution is 6.04. The molecular formula is C22H26N2O4. The summed E-state index contributed by atoms with van der Waals surface area (Å²) in [5, 5.41) is 2.93. The first kappa shape index (κ1) is 19.7. The van der Waals surface area contributed by atoms with Gasteiger partial charge in [0.05, 0.1) is 19.9 Å². The van der Waals surface area contributed by atoms with Crippen molar-refractivity contribution in [2.75, 3.05) is 19.5 Å². The highest BCUT2D eigenvalue weighted by Gasteiger charge is 2.36. The first-order valence-electron chi connectivity index (χ1n) is 9.36. The van der Waals surface area contributed by atoms with Gasteiger partial charge < -0.3 is 19.7 Å². The minimum absolute atomic E-state index is 0.103. The first-order valence-corrected chi connectivity index (χ1v) is 9.36. The van der Waals surface area contributed by atoms with Gasteiger partial charge in [0.1, 0.15) is 17.5 Å². The van der Waals surface area contributed by atoms with Crippen molar-refractivity contribution in [3.05, 3.63) is 53.6 Å². The van der Waals surface area contributed by atoms with E-state index in [4.69, 9.17) is 9.47 Å². The van der Waals surface area contributed by atoms with Crippen LogP contribution in [0.3, 0.4) is 0 Å². The van der Waals surface area contributed by atoms with Gasteiger partial charge in [-0.25, -0.2) is 0 Å². The Morgan fingerprint density at radius 1 is 1.14 bits per heavy atom. The van der Waals surface area contributed by atoms with Crippen molar-refractivity contribution >= 4 is 17.5 Å². The van der Waals surface area contributed by atoms with Gasteiger partial charge >= 0.3 is 0 Å². The van der Waals surface area contributed by atoms with Gasteiger partial charge in [-0.1, -0.05) is 32.0 Å². The van der Waals surface area contributed by atoms with Crippen molar-refractivity contribution in [3.8, 4) is 11.5 Å². The standard InChI is InChI=1S/C22H26N2O4/c1-14(2)11-19(24-13-15-7-5-6-8-17(15)22(24)26)21(25)23-18-12-16(27-3)9-10-20(18)28-4/h5-10,12,14,19H,11,13H2,1-4H3,(H,23,25)/t19-/m1/s1. The predicted octanol–water partition coefficient (Wildman–Crippen LogP) is 3.71. The fourth-order valence-corrected chi connectivity index (χ4v) is 3.48. The van der Waals surface area contributed by atoms with E-state index in [-0.39, 0.29) is 17.7 Å². The van der Waals surface area contributed by atoms with Gasteiger partial charge in [0.2, 0.25) is 5.91 Å². The van der Waals surface area contributed by atoms with Gasteiger partial charge in [0, 0.05) is 18.2 Å². The fourth-order valence-electron chi connectivity index (χ4n) is 3.48. The van der Waals surface area contributed by atoms with Crippen molar-refractivity contribution in [2.45, 2.75) is 32.9 Å². The summed E-state index contributed by atoms with van der Waals surface area (Å²) in [6.07, 6.45) is 0.567. The van der Waals surface area contributed by atoms with Crippen molar-refractivity contribution < 1.29 is 19.1 Å². The second-order valence-corrected chi connectivity index (χ2v) is 7.29. The van der Waals surface area contributed by atoms with Crippen LogP contribution in [0.15, 0.2) is 42.5 Å². The molecule has 6 nitrogen and oxygen atoms in total. The molecule has 0 saturated carbocycles. The van der Waals surface area contributed by atoms with Crippen LogP contribution in [-0.2, 0) is 11.3 Å². The van der Waals surface area contributed by atoms with E-state index in [1.54, 1.807) is 37.3 Å². The Morgan fingerprint density at radius 2 is 1.89 bits per heavy atom. The lowest BCUT2D eigenvalue weighted by Gasteiger charge is -2.28. The van der Waals surface area contributed by atoms with Crippen molar-refractivity contribution in [1.82, 2.24) is 4.90 Å². The molecule has 2 aromatic rings. The van der Waals surface area contributed by atoms with Crippen LogP contribution in [-0.4, -0.2) is 37.0 Å². The minimum atomic E-state index is -0.573.